The third kappa shape index (κ3) is 5.81. The van der Waals surface area contributed by atoms with E-state index in [1.807, 2.05) is 12.1 Å². The van der Waals surface area contributed by atoms with E-state index in [0.717, 1.165) is 11.6 Å². The lowest BCUT2D eigenvalue weighted by molar-refractivity contribution is -0.326. The van der Waals surface area contributed by atoms with Gasteiger partial charge >= 0.3 is 0 Å². The third-order valence-electron chi connectivity index (χ3n) is 5.36. The van der Waals surface area contributed by atoms with Crippen molar-refractivity contribution in [3.63, 3.8) is 0 Å². The summed E-state index contributed by atoms with van der Waals surface area (Å²) in [5.74, 6) is 0.278. The van der Waals surface area contributed by atoms with E-state index in [1.165, 1.54) is 0 Å². The molecule has 1 aliphatic heterocycles. The summed E-state index contributed by atoms with van der Waals surface area (Å²) < 4.78 is 10.5. The number of nitrogens with zero attached hydrogens (tertiary/aromatic N) is 3. The van der Waals surface area contributed by atoms with Gasteiger partial charge in [-0.1, -0.05) is 24.3 Å². The van der Waals surface area contributed by atoms with E-state index in [4.69, 9.17) is 9.47 Å². The lowest BCUT2D eigenvalue weighted by Gasteiger charge is -2.42. The lowest BCUT2D eigenvalue weighted by atomic mass is 9.98. The fourth-order valence-corrected chi connectivity index (χ4v) is 3.41. The van der Waals surface area contributed by atoms with Crippen molar-refractivity contribution in [1.29, 1.82) is 0 Å². The zero-order valence-electron chi connectivity index (χ0n) is 17.8. The highest BCUT2D eigenvalue weighted by Gasteiger charge is 2.46. The monoisotopic (exact) mass is 484 g/mol. The summed E-state index contributed by atoms with van der Waals surface area (Å²) in [6.07, 6.45) is -12.9. The number of benzene rings is 1. The van der Waals surface area contributed by atoms with Crippen molar-refractivity contribution >= 4 is 22.8 Å². The van der Waals surface area contributed by atoms with Crippen LogP contribution in [0.1, 0.15) is 0 Å². The minimum atomic E-state index is -1.89. The first-order valence-electron chi connectivity index (χ1n) is 10.4. The van der Waals surface area contributed by atoms with Gasteiger partial charge in [-0.15, -0.1) is 5.10 Å². The van der Waals surface area contributed by atoms with Crippen molar-refractivity contribution in [2.45, 2.75) is 55.1 Å². The van der Waals surface area contributed by atoms with E-state index >= 15 is 0 Å². The van der Waals surface area contributed by atoms with E-state index < -0.39 is 68.3 Å². The molecule has 2 aromatic rings. The molecule has 0 radical (unpaired) electrons. The van der Waals surface area contributed by atoms with Crippen molar-refractivity contribution in [2.24, 2.45) is 5.10 Å². The largest absolute Gasteiger partial charge is 0.394 e. The fourth-order valence-electron chi connectivity index (χ4n) is 3.41. The minimum Gasteiger partial charge on any atom is -0.394 e. The molecule has 3 rings (SSSR count). The predicted molar refractivity (Wildman–Crippen MR) is 115 cm³/mol. The Kier molecular flexibility index (Phi) is 9.15. The van der Waals surface area contributed by atoms with Crippen molar-refractivity contribution in [2.75, 3.05) is 18.6 Å². The van der Waals surface area contributed by atoms with E-state index in [2.05, 4.69) is 20.7 Å². The highest BCUT2D eigenvalue weighted by molar-refractivity contribution is 5.90. The van der Waals surface area contributed by atoms with Gasteiger partial charge in [0, 0.05) is 10.8 Å². The highest BCUT2D eigenvalue weighted by Crippen LogP contribution is 2.25. The van der Waals surface area contributed by atoms with Crippen LogP contribution in [0.4, 0.5) is 5.82 Å². The number of rotatable bonds is 10. The minimum absolute atomic E-state index is 0.278. The number of aliphatic hydroxyl groups is 8. The second-order valence-corrected chi connectivity index (χ2v) is 7.70. The fraction of sp³-hybridized carbons (Fsp3) is 0.550. The van der Waals surface area contributed by atoms with Gasteiger partial charge in [-0.05, 0) is 0 Å². The van der Waals surface area contributed by atoms with E-state index in [1.54, 1.807) is 18.3 Å². The van der Waals surface area contributed by atoms with Crippen LogP contribution >= 0.6 is 0 Å². The SMILES string of the molecule is OCC(O)C(O[C@@H]1O[C@H](CO)[C@H](O)[C@H](O)[C@H]1O)C(O)C(O)/C=N/Nc1nncc2ccccc12. The Hall–Kier alpha value is -2.37. The molecule has 1 aromatic heterocycles. The number of anilines is 1. The standard InChI is InChI=1S/C20H28N4O10/c25-7-12(28)18(34-20-17(32)16(31)15(30)13(8-26)33-20)14(29)11(27)6-22-24-19-10-4-2-1-3-9(10)5-21-23-19/h1-6,11-18,20,25-32H,7-8H2,(H,23,24)/b22-6+/t11?,12?,13-,14?,15+,16+,17-,18?,20+/m1/s1. The zero-order valence-corrected chi connectivity index (χ0v) is 17.8. The maximum absolute atomic E-state index is 10.5. The van der Waals surface area contributed by atoms with Crippen LogP contribution in [0.3, 0.4) is 0 Å². The Labute approximate surface area is 193 Å². The predicted octanol–water partition coefficient (Wildman–Crippen LogP) is -3.71. The van der Waals surface area contributed by atoms with Crippen LogP contribution in [0, 0.1) is 0 Å². The number of hydrogen-bond donors (Lipinski definition) is 9. The maximum Gasteiger partial charge on any atom is 0.187 e. The quantitative estimate of drug-likeness (QED) is 0.117. The molecule has 0 spiro atoms. The first kappa shape index (κ1) is 26.2. The van der Waals surface area contributed by atoms with E-state index in [0.29, 0.717) is 5.39 Å². The summed E-state index contributed by atoms with van der Waals surface area (Å²) in [6, 6.07) is 7.19. The van der Waals surface area contributed by atoms with Gasteiger partial charge in [0.25, 0.3) is 0 Å². The number of aliphatic hydroxyl groups excluding tert-OH is 8. The van der Waals surface area contributed by atoms with Gasteiger partial charge in [0.05, 0.1) is 25.6 Å². The molecule has 2 heterocycles. The van der Waals surface area contributed by atoms with Crippen molar-refractivity contribution in [3.8, 4) is 0 Å². The van der Waals surface area contributed by atoms with Crippen LogP contribution in [-0.2, 0) is 9.47 Å². The lowest BCUT2D eigenvalue weighted by Crippen LogP contribution is -2.61. The zero-order chi connectivity index (χ0) is 24.8. The molecule has 4 unspecified atom stereocenters. The van der Waals surface area contributed by atoms with Gasteiger partial charge in [0.2, 0.25) is 0 Å². The molecule has 14 heteroatoms. The highest BCUT2D eigenvalue weighted by atomic mass is 16.7. The average molecular weight is 484 g/mol. The van der Waals surface area contributed by atoms with Gasteiger partial charge in [-0.25, -0.2) is 0 Å². The maximum atomic E-state index is 10.5. The molecule has 9 N–H and O–H groups in total. The third-order valence-corrected chi connectivity index (χ3v) is 5.36. The van der Waals surface area contributed by atoms with Gasteiger partial charge in [-0.2, -0.15) is 10.2 Å². The summed E-state index contributed by atoms with van der Waals surface area (Å²) in [7, 11) is 0. The van der Waals surface area contributed by atoms with Crippen molar-refractivity contribution in [1.82, 2.24) is 10.2 Å². The van der Waals surface area contributed by atoms with Gasteiger partial charge in [0.1, 0.15) is 48.8 Å². The Bertz CT molecular complexity index is 945. The Balaban J connectivity index is 1.69. The first-order chi connectivity index (χ1) is 16.3. The van der Waals surface area contributed by atoms with Crippen molar-refractivity contribution in [3.05, 3.63) is 30.5 Å². The molecule has 1 saturated heterocycles. The molecule has 0 saturated carbocycles. The number of aromatic nitrogens is 2. The van der Waals surface area contributed by atoms with Crippen LogP contribution in [0.2, 0.25) is 0 Å². The number of nitrogens with one attached hydrogen (secondary N) is 1. The second-order valence-electron chi connectivity index (χ2n) is 7.70. The Morgan fingerprint density at radius 1 is 1.09 bits per heavy atom. The summed E-state index contributed by atoms with van der Waals surface area (Å²) in [4.78, 5) is 0. The van der Waals surface area contributed by atoms with Crippen LogP contribution in [0.25, 0.3) is 10.8 Å². The topological polar surface area (TPSA) is 230 Å². The molecular formula is C20H28N4O10. The molecule has 9 atom stereocenters. The second kappa shape index (κ2) is 11.9. The molecule has 0 amide bonds. The molecule has 1 aromatic carbocycles. The van der Waals surface area contributed by atoms with Crippen LogP contribution in [0.5, 0.6) is 0 Å². The van der Waals surface area contributed by atoms with Gasteiger partial charge < -0.3 is 50.3 Å². The van der Waals surface area contributed by atoms with Crippen LogP contribution < -0.4 is 5.43 Å². The smallest absolute Gasteiger partial charge is 0.187 e. The van der Waals surface area contributed by atoms with Crippen LogP contribution in [0.15, 0.2) is 35.6 Å². The molecule has 0 aliphatic carbocycles. The first-order valence-corrected chi connectivity index (χ1v) is 10.4. The molecule has 0 bridgehead atoms. The van der Waals surface area contributed by atoms with Crippen molar-refractivity contribution < 1.29 is 50.3 Å². The molecule has 14 nitrogen and oxygen atoms in total. The van der Waals surface area contributed by atoms with Gasteiger partial charge in [0.15, 0.2) is 12.1 Å². The summed E-state index contributed by atoms with van der Waals surface area (Å²) >= 11 is 0. The number of fused-ring (bicyclic) bond motifs is 1. The Morgan fingerprint density at radius 3 is 2.53 bits per heavy atom. The number of ether oxygens (including phenoxy) is 2. The number of hydrogen-bond acceptors (Lipinski definition) is 14. The average Bonchev–Trinajstić information content (AvgIpc) is 2.86. The van der Waals surface area contributed by atoms with E-state index in [9.17, 15) is 40.9 Å². The van der Waals surface area contributed by atoms with Gasteiger partial charge in [-0.3, -0.25) is 5.43 Å². The summed E-state index contributed by atoms with van der Waals surface area (Å²) in [5.41, 5.74) is 2.59. The molecular weight excluding hydrogens is 456 g/mol. The normalized spacial score (nSPS) is 29.1. The Morgan fingerprint density at radius 2 is 1.82 bits per heavy atom. The molecule has 1 fully saturated rings. The van der Waals surface area contributed by atoms with Crippen LogP contribution in [-0.4, -0.2) is 126 Å². The summed E-state index contributed by atoms with van der Waals surface area (Å²) in [6.45, 7) is -1.62. The molecule has 188 valence electrons. The van der Waals surface area contributed by atoms with E-state index in [-0.39, 0.29) is 5.82 Å². The molecule has 34 heavy (non-hydrogen) atoms. The number of hydrazone groups is 1. The molecule has 1 aliphatic rings. The summed E-state index contributed by atoms with van der Waals surface area (Å²) in [5, 5.41) is 92.5.